The van der Waals surface area contributed by atoms with Gasteiger partial charge in [0.2, 0.25) is 0 Å². The van der Waals surface area contributed by atoms with Crippen LogP contribution in [0.25, 0.3) is 11.0 Å². The summed E-state index contributed by atoms with van der Waals surface area (Å²) < 4.78 is 12.5. The first-order valence-electron chi connectivity index (χ1n) is 9.41. The molecular weight excluding hydrogens is 344 g/mol. The Hall–Kier alpha value is -2.67. The van der Waals surface area contributed by atoms with Crippen molar-refractivity contribution >= 4 is 16.9 Å². The maximum Gasteiger partial charge on any atom is 0.276 e. The zero-order valence-corrected chi connectivity index (χ0v) is 15.7. The minimum atomic E-state index is -0.0896. The quantitative estimate of drug-likeness (QED) is 0.691. The van der Waals surface area contributed by atoms with Crippen LogP contribution in [0.2, 0.25) is 0 Å². The largest absolute Gasteiger partial charge is 0.377 e. The molecule has 4 rings (SSSR count). The van der Waals surface area contributed by atoms with E-state index in [1.54, 1.807) is 13.2 Å². The topological polar surface area (TPSA) is 73.4 Å². The van der Waals surface area contributed by atoms with E-state index in [9.17, 15) is 4.79 Å². The number of para-hydroxylation sites is 2. The monoisotopic (exact) mass is 368 g/mol. The number of likely N-dealkylation sites (tertiary alicyclic amines) is 1. The lowest BCUT2D eigenvalue weighted by molar-refractivity contribution is 0.0669. The first kappa shape index (κ1) is 17.7. The predicted molar refractivity (Wildman–Crippen MR) is 101 cm³/mol. The number of amides is 1. The van der Waals surface area contributed by atoms with Crippen LogP contribution in [0.5, 0.6) is 0 Å². The number of nitrogens with zero attached hydrogens (tertiary/aromatic N) is 4. The SMILES string of the molecule is CCc1nc2ccccc2n1C1CCCN(C(=O)c2cc(COC)on2)C1. The number of hydrogen-bond acceptors (Lipinski definition) is 5. The summed E-state index contributed by atoms with van der Waals surface area (Å²) in [5.74, 6) is 1.54. The molecule has 0 N–H and O–H groups in total. The minimum absolute atomic E-state index is 0.0896. The number of rotatable bonds is 5. The van der Waals surface area contributed by atoms with E-state index in [2.05, 4.69) is 22.7 Å². The minimum Gasteiger partial charge on any atom is -0.377 e. The number of piperidine rings is 1. The summed E-state index contributed by atoms with van der Waals surface area (Å²) in [6.07, 6.45) is 2.85. The number of benzene rings is 1. The van der Waals surface area contributed by atoms with Crippen molar-refractivity contribution in [2.24, 2.45) is 0 Å². The Balaban J connectivity index is 1.59. The molecule has 1 fully saturated rings. The summed E-state index contributed by atoms with van der Waals surface area (Å²) >= 11 is 0. The van der Waals surface area contributed by atoms with Crippen molar-refractivity contribution in [1.82, 2.24) is 19.6 Å². The maximum atomic E-state index is 12.9. The Labute approximate surface area is 157 Å². The van der Waals surface area contributed by atoms with Crippen LogP contribution >= 0.6 is 0 Å². The third kappa shape index (κ3) is 3.35. The van der Waals surface area contributed by atoms with Crippen molar-refractivity contribution in [2.75, 3.05) is 20.2 Å². The Morgan fingerprint density at radius 1 is 1.37 bits per heavy atom. The van der Waals surface area contributed by atoms with Gasteiger partial charge in [-0.25, -0.2) is 4.98 Å². The van der Waals surface area contributed by atoms with Crippen LogP contribution in [0, 0.1) is 0 Å². The number of fused-ring (bicyclic) bond motifs is 1. The van der Waals surface area contributed by atoms with E-state index in [0.717, 1.165) is 42.7 Å². The fourth-order valence-electron chi connectivity index (χ4n) is 3.89. The fraction of sp³-hybridized carbons (Fsp3) is 0.450. The highest BCUT2D eigenvalue weighted by atomic mass is 16.5. The second-order valence-corrected chi connectivity index (χ2v) is 6.90. The molecule has 1 amide bonds. The number of hydrogen-bond donors (Lipinski definition) is 0. The van der Waals surface area contributed by atoms with E-state index in [4.69, 9.17) is 14.2 Å². The van der Waals surface area contributed by atoms with Gasteiger partial charge >= 0.3 is 0 Å². The van der Waals surface area contributed by atoms with Crippen LogP contribution in [0.15, 0.2) is 34.9 Å². The fourth-order valence-corrected chi connectivity index (χ4v) is 3.89. The van der Waals surface area contributed by atoms with Gasteiger partial charge in [-0.05, 0) is 25.0 Å². The summed E-state index contributed by atoms with van der Waals surface area (Å²) in [5, 5.41) is 3.92. The highest BCUT2D eigenvalue weighted by Crippen LogP contribution is 2.29. The average molecular weight is 368 g/mol. The van der Waals surface area contributed by atoms with Gasteiger partial charge in [-0.3, -0.25) is 4.79 Å². The number of aromatic nitrogens is 3. The highest BCUT2D eigenvalue weighted by molar-refractivity contribution is 5.92. The molecular formula is C20H24N4O3. The smallest absolute Gasteiger partial charge is 0.276 e. The van der Waals surface area contributed by atoms with E-state index in [1.165, 1.54) is 0 Å². The normalized spacial score (nSPS) is 17.6. The molecule has 142 valence electrons. The van der Waals surface area contributed by atoms with Gasteiger partial charge in [-0.15, -0.1) is 0 Å². The maximum absolute atomic E-state index is 12.9. The van der Waals surface area contributed by atoms with Crippen molar-refractivity contribution in [3.05, 3.63) is 47.6 Å². The number of carbonyl (C=O) groups excluding carboxylic acids is 1. The molecule has 1 aromatic carbocycles. The van der Waals surface area contributed by atoms with Crippen LogP contribution in [0.3, 0.4) is 0 Å². The number of imidazole rings is 1. The van der Waals surface area contributed by atoms with Crippen LogP contribution in [0.1, 0.15) is 47.9 Å². The molecule has 2 aromatic heterocycles. The second kappa shape index (κ2) is 7.52. The lowest BCUT2D eigenvalue weighted by Crippen LogP contribution is -2.41. The average Bonchev–Trinajstić information content (AvgIpc) is 3.32. The highest BCUT2D eigenvalue weighted by Gasteiger charge is 2.29. The summed E-state index contributed by atoms with van der Waals surface area (Å²) in [6, 6.07) is 10.1. The first-order chi connectivity index (χ1) is 13.2. The molecule has 7 nitrogen and oxygen atoms in total. The third-order valence-electron chi connectivity index (χ3n) is 5.10. The first-order valence-corrected chi connectivity index (χ1v) is 9.41. The predicted octanol–water partition coefficient (Wildman–Crippen LogP) is 3.21. The van der Waals surface area contributed by atoms with Crippen LogP contribution in [-0.4, -0.2) is 45.7 Å². The summed E-state index contributed by atoms with van der Waals surface area (Å²) in [7, 11) is 1.58. The van der Waals surface area contributed by atoms with Gasteiger partial charge < -0.3 is 18.7 Å². The molecule has 3 aromatic rings. The van der Waals surface area contributed by atoms with E-state index >= 15 is 0 Å². The number of ether oxygens (including phenoxy) is 1. The lowest BCUT2D eigenvalue weighted by atomic mass is 10.0. The van der Waals surface area contributed by atoms with Crippen LogP contribution in [-0.2, 0) is 17.8 Å². The van der Waals surface area contributed by atoms with E-state index in [1.807, 2.05) is 23.1 Å². The Morgan fingerprint density at radius 3 is 3.04 bits per heavy atom. The Bertz CT molecular complexity index is 946. The number of carbonyl (C=O) groups is 1. The third-order valence-corrected chi connectivity index (χ3v) is 5.10. The van der Waals surface area contributed by atoms with Gasteiger partial charge in [0.05, 0.1) is 17.1 Å². The molecule has 1 aliphatic heterocycles. The molecule has 1 atom stereocenters. The van der Waals surface area contributed by atoms with Crippen molar-refractivity contribution in [3.63, 3.8) is 0 Å². The second-order valence-electron chi connectivity index (χ2n) is 6.90. The van der Waals surface area contributed by atoms with Crippen molar-refractivity contribution in [2.45, 2.75) is 38.8 Å². The van der Waals surface area contributed by atoms with Crippen LogP contribution in [0.4, 0.5) is 0 Å². The molecule has 27 heavy (non-hydrogen) atoms. The van der Waals surface area contributed by atoms with E-state index in [0.29, 0.717) is 24.6 Å². The van der Waals surface area contributed by atoms with Gasteiger partial charge in [0.15, 0.2) is 11.5 Å². The van der Waals surface area contributed by atoms with Gasteiger partial charge in [-0.2, -0.15) is 0 Å². The molecule has 1 aliphatic rings. The molecule has 1 saturated heterocycles. The molecule has 0 bridgehead atoms. The Kier molecular flexibility index (Phi) is 4.94. The molecule has 0 saturated carbocycles. The van der Waals surface area contributed by atoms with Gasteiger partial charge in [0, 0.05) is 32.7 Å². The zero-order valence-electron chi connectivity index (χ0n) is 15.7. The van der Waals surface area contributed by atoms with Crippen molar-refractivity contribution < 1.29 is 14.1 Å². The van der Waals surface area contributed by atoms with E-state index in [-0.39, 0.29) is 11.9 Å². The van der Waals surface area contributed by atoms with E-state index < -0.39 is 0 Å². The molecule has 7 heteroatoms. The standard InChI is InChI=1S/C20H24N4O3/c1-3-19-21-16-8-4-5-9-18(16)24(19)14-7-6-10-23(12-14)20(25)17-11-15(13-26-2)27-22-17/h4-5,8-9,11,14H,3,6-7,10,12-13H2,1-2H3. The van der Waals surface area contributed by atoms with Gasteiger partial charge in [0.1, 0.15) is 12.4 Å². The summed E-state index contributed by atoms with van der Waals surface area (Å²) in [6.45, 7) is 3.81. The number of aryl methyl sites for hydroxylation is 1. The molecule has 1 unspecified atom stereocenters. The Morgan fingerprint density at radius 2 is 2.22 bits per heavy atom. The van der Waals surface area contributed by atoms with Gasteiger partial charge in [0.25, 0.3) is 5.91 Å². The molecule has 0 spiro atoms. The molecule has 3 heterocycles. The summed E-state index contributed by atoms with van der Waals surface area (Å²) in [4.78, 5) is 19.5. The van der Waals surface area contributed by atoms with Crippen molar-refractivity contribution in [1.29, 1.82) is 0 Å². The zero-order chi connectivity index (χ0) is 18.8. The number of methoxy groups -OCH3 is 1. The lowest BCUT2D eigenvalue weighted by Gasteiger charge is -2.34. The molecule has 0 aliphatic carbocycles. The molecule has 0 radical (unpaired) electrons. The summed E-state index contributed by atoms with van der Waals surface area (Å²) in [5.41, 5.74) is 2.49. The van der Waals surface area contributed by atoms with Crippen LogP contribution < -0.4 is 0 Å². The van der Waals surface area contributed by atoms with Gasteiger partial charge in [-0.1, -0.05) is 24.2 Å². The van der Waals surface area contributed by atoms with Crippen molar-refractivity contribution in [3.8, 4) is 0 Å².